The third-order valence-electron chi connectivity index (χ3n) is 4.05. The fraction of sp³-hybridized carbons (Fsp3) is 0.350. The lowest BCUT2D eigenvalue weighted by atomic mass is 10.1. The topological polar surface area (TPSA) is 41.6 Å². The van der Waals surface area contributed by atoms with E-state index < -0.39 is 0 Å². The van der Waals surface area contributed by atoms with Gasteiger partial charge in [-0.3, -0.25) is 4.79 Å². The van der Waals surface area contributed by atoms with E-state index in [4.69, 9.17) is 4.74 Å². The van der Waals surface area contributed by atoms with Gasteiger partial charge in [-0.2, -0.15) is 0 Å². The molecule has 2 aromatic carbocycles. The molecule has 1 atom stereocenters. The molecular weight excluding hydrogens is 319 g/mol. The number of nitrogens with zero attached hydrogens (tertiary/aromatic N) is 1. The SMILES string of the molecule is Cc1ccc(C)c(OCC(=O)NCC(c2cccc(F)c2)N(C)C)c1. The van der Waals surface area contributed by atoms with Crippen molar-refractivity contribution in [3.05, 3.63) is 65.0 Å². The number of rotatable bonds is 7. The van der Waals surface area contributed by atoms with Gasteiger partial charge in [-0.25, -0.2) is 4.39 Å². The highest BCUT2D eigenvalue weighted by atomic mass is 19.1. The number of amides is 1. The number of aryl methyl sites for hydroxylation is 2. The Balaban J connectivity index is 1.92. The molecular formula is C20H25FN2O2. The Morgan fingerprint density at radius 1 is 1.20 bits per heavy atom. The predicted molar refractivity (Wildman–Crippen MR) is 97.2 cm³/mol. The Kier molecular flexibility index (Phi) is 6.53. The van der Waals surface area contributed by atoms with Gasteiger partial charge in [0, 0.05) is 6.54 Å². The van der Waals surface area contributed by atoms with Crippen LogP contribution in [0.4, 0.5) is 4.39 Å². The zero-order chi connectivity index (χ0) is 18.4. The van der Waals surface area contributed by atoms with E-state index in [2.05, 4.69) is 5.32 Å². The third kappa shape index (κ3) is 5.57. The van der Waals surface area contributed by atoms with Gasteiger partial charge in [-0.15, -0.1) is 0 Å². The van der Waals surface area contributed by atoms with Crippen LogP contribution in [0.15, 0.2) is 42.5 Å². The largest absolute Gasteiger partial charge is 0.483 e. The minimum absolute atomic E-state index is 0.0480. The first-order chi connectivity index (χ1) is 11.9. The lowest BCUT2D eigenvalue weighted by molar-refractivity contribution is -0.123. The average Bonchev–Trinajstić information content (AvgIpc) is 2.55. The van der Waals surface area contributed by atoms with Gasteiger partial charge in [-0.1, -0.05) is 24.3 Å². The molecule has 2 aromatic rings. The number of likely N-dealkylation sites (N-methyl/N-ethyl adjacent to an activating group) is 1. The zero-order valence-electron chi connectivity index (χ0n) is 15.2. The second-order valence-electron chi connectivity index (χ2n) is 6.40. The molecule has 0 saturated carbocycles. The van der Waals surface area contributed by atoms with Gasteiger partial charge in [0.05, 0.1) is 6.04 Å². The molecule has 25 heavy (non-hydrogen) atoms. The van der Waals surface area contributed by atoms with Crippen molar-refractivity contribution >= 4 is 5.91 Å². The first-order valence-corrected chi connectivity index (χ1v) is 8.25. The van der Waals surface area contributed by atoms with Crippen LogP contribution in [-0.4, -0.2) is 38.1 Å². The minimum atomic E-state index is -0.283. The molecule has 0 aromatic heterocycles. The van der Waals surface area contributed by atoms with Gasteiger partial charge in [0.2, 0.25) is 0 Å². The minimum Gasteiger partial charge on any atom is -0.483 e. The summed E-state index contributed by atoms with van der Waals surface area (Å²) >= 11 is 0. The second-order valence-corrected chi connectivity index (χ2v) is 6.40. The molecule has 0 radical (unpaired) electrons. The van der Waals surface area contributed by atoms with E-state index in [1.807, 2.05) is 57.1 Å². The number of benzene rings is 2. The van der Waals surface area contributed by atoms with Crippen molar-refractivity contribution in [3.63, 3.8) is 0 Å². The highest BCUT2D eigenvalue weighted by Crippen LogP contribution is 2.20. The lowest BCUT2D eigenvalue weighted by Gasteiger charge is -2.25. The molecule has 0 spiro atoms. The van der Waals surface area contributed by atoms with Gasteiger partial charge in [0.1, 0.15) is 11.6 Å². The summed E-state index contributed by atoms with van der Waals surface area (Å²) in [4.78, 5) is 14.1. The first-order valence-electron chi connectivity index (χ1n) is 8.25. The normalized spacial score (nSPS) is 12.1. The number of carbonyl (C=O) groups is 1. The molecule has 0 saturated heterocycles. The molecule has 1 amide bonds. The van der Waals surface area contributed by atoms with Crippen molar-refractivity contribution in [3.8, 4) is 5.75 Å². The summed E-state index contributed by atoms with van der Waals surface area (Å²) < 4.78 is 19.1. The smallest absolute Gasteiger partial charge is 0.258 e. The summed E-state index contributed by atoms with van der Waals surface area (Å²) in [5.41, 5.74) is 2.89. The number of carbonyl (C=O) groups excluding carboxylic acids is 1. The van der Waals surface area contributed by atoms with E-state index >= 15 is 0 Å². The summed E-state index contributed by atoms with van der Waals surface area (Å²) in [6.07, 6.45) is 0. The summed E-state index contributed by atoms with van der Waals surface area (Å²) in [6, 6.07) is 12.2. The first kappa shape index (κ1) is 18.9. The highest BCUT2D eigenvalue weighted by molar-refractivity contribution is 5.77. The molecule has 0 aliphatic heterocycles. The number of ether oxygens (including phenoxy) is 1. The Labute approximate surface area is 148 Å². The molecule has 4 nitrogen and oxygen atoms in total. The Morgan fingerprint density at radius 3 is 2.64 bits per heavy atom. The van der Waals surface area contributed by atoms with Gasteiger partial charge in [0.15, 0.2) is 6.61 Å². The van der Waals surface area contributed by atoms with Crippen LogP contribution in [0.5, 0.6) is 5.75 Å². The van der Waals surface area contributed by atoms with Crippen LogP contribution in [0.1, 0.15) is 22.7 Å². The lowest BCUT2D eigenvalue weighted by Crippen LogP contribution is -2.37. The molecule has 134 valence electrons. The molecule has 2 rings (SSSR count). The van der Waals surface area contributed by atoms with E-state index in [0.717, 1.165) is 16.7 Å². The van der Waals surface area contributed by atoms with Crippen molar-refractivity contribution in [2.75, 3.05) is 27.2 Å². The molecule has 1 N–H and O–H groups in total. The predicted octanol–water partition coefficient (Wildman–Crippen LogP) is 3.24. The van der Waals surface area contributed by atoms with Gasteiger partial charge >= 0.3 is 0 Å². The van der Waals surface area contributed by atoms with Gasteiger partial charge < -0.3 is 15.0 Å². The number of hydrogen-bond donors (Lipinski definition) is 1. The van der Waals surface area contributed by atoms with Gasteiger partial charge in [0.25, 0.3) is 5.91 Å². The number of nitrogens with one attached hydrogen (secondary N) is 1. The third-order valence-corrected chi connectivity index (χ3v) is 4.05. The summed E-state index contributed by atoms with van der Waals surface area (Å²) in [7, 11) is 3.79. The molecule has 5 heteroatoms. The maximum Gasteiger partial charge on any atom is 0.258 e. The highest BCUT2D eigenvalue weighted by Gasteiger charge is 2.16. The Morgan fingerprint density at radius 2 is 1.96 bits per heavy atom. The van der Waals surface area contributed by atoms with Crippen molar-refractivity contribution < 1.29 is 13.9 Å². The van der Waals surface area contributed by atoms with E-state index in [1.165, 1.54) is 12.1 Å². The van der Waals surface area contributed by atoms with Gasteiger partial charge in [-0.05, 0) is 62.8 Å². The van der Waals surface area contributed by atoms with Crippen LogP contribution in [0.25, 0.3) is 0 Å². The molecule has 1 unspecified atom stereocenters. The monoisotopic (exact) mass is 344 g/mol. The van der Waals surface area contributed by atoms with Crippen LogP contribution in [0, 0.1) is 19.7 Å². The number of hydrogen-bond acceptors (Lipinski definition) is 3. The Bertz CT molecular complexity index is 731. The van der Waals surface area contributed by atoms with Crippen molar-refractivity contribution in [2.45, 2.75) is 19.9 Å². The number of halogens is 1. The quantitative estimate of drug-likeness (QED) is 0.838. The van der Waals surface area contributed by atoms with Crippen LogP contribution < -0.4 is 10.1 Å². The van der Waals surface area contributed by atoms with Crippen molar-refractivity contribution in [1.29, 1.82) is 0 Å². The maximum atomic E-state index is 13.4. The van der Waals surface area contributed by atoms with Crippen LogP contribution in [0.3, 0.4) is 0 Å². The van der Waals surface area contributed by atoms with E-state index in [-0.39, 0.29) is 24.4 Å². The standard InChI is InChI=1S/C20H25FN2O2/c1-14-8-9-15(2)19(10-14)25-13-20(24)22-12-18(23(3)4)16-6-5-7-17(21)11-16/h5-11,18H,12-13H2,1-4H3,(H,22,24). The second kappa shape index (κ2) is 8.62. The Hall–Kier alpha value is -2.40. The fourth-order valence-electron chi connectivity index (χ4n) is 2.58. The van der Waals surface area contributed by atoms with Crippen molar-refractivity contribution in [1.82, 2.24) is 10.2 Å². The molecule has 0 aliphatic rings. The molecule has 0 aliphatic carbocycles. The summed E-state index contributed by atoms with van der Waals surface area (Å²) in [5, 5.41) is 2.86. The summed E-state index contributed by atoms with van der Waals surface area (Å²) in [5.74, 6) is 0.225. The van der Waals surface area contributed by atoms with Crippen LogP contribution in [0.2, 0.25) is 0 Å². The molecule has 0 heterocycles. The van der Waals surface area contributed by atoms with E-state index in [9.17, 15) is 9.18 Å². The zero-order valence-corrected chi connectivity index (χ0v) is 15.2. The fourth-order valence-corrected chi connectivity index (χ4v) is 2.58. The van der Waals surface area contributed by atoms with Crippen molar-refractivity contribution in [2.24, 2.45) is 0 Å². The van der Waals surface area contributed by atoms with E-state index in [0.29, 0.717) is 12.3 Å². The summed E-state index contributed by atoms with van der Waals surface area (Å²) in [6.45, 7) is 4.25. The maximum absolute atomic E-state index is 13.4. The average molecular weight is 344 g/mol. The van der Waals surface area contributed by atoms with Crippen LogP contribution >= 0.6 is 0 Å². The van der Waals surface area contributed by atoms with E-state index in [1.54, 1.807) is 6.07 Å². The molecule has 0 bridgehead atoms. The van der Waals surface area contributed by atoms with Crippen LogP contribution in [-0.2, 0) is 4.79 Å². The molecule has 0 fully saturated rings.